The number of H-pyrrole nitrogens is 2. The van der Waals surface area contributed by atoms with Gasteiger partial charge in [-0.3, -0.25) is 14.6 Å². The maximum absolute atomic E-state index is 12.6. The largest absolute Gasteiger partial charge is 0.391 e. The number of fused-ring (bicyclic) bond motifs is 1. The molecule has 0 aliphatic carbocycles. The molecule has 0 spiro atoms. The van der Waals surface area contributed by atoms with E-state index in [9.17, 15) is 19.5 Å². The number of aromatic amines is 2. The number of amides is 1. The molecule has 7 nitrogen and oxygen atoms in total. The highest BCUT2D eigenvalue weighted by Crippen LogP contribution is 2.31. The quantitative estimate of drug-likeness (QED) is 0.634. The lowest BCUT2D eigenvalue weighted by Crippen LogP contribution is -2.47. The predicted molar refractivity (Wildman–Crippen MR) is 101 cm³/mol. The van der Waals surface area contributed by atoms with E-state index in [0.29, 0.717) is 13.0 Å². The Morgan fingerprint density at radius 1 is 1.11 bits per heavy atom. The first-order chi connectivity index (χ1) is 13.0. The fourth-order valence-electron chi connectivity index (χ4n) is 3.68. The molecular formula is C20H19N3O4. The van der Waals surface area contributed by atoms with Crippen LogP contribution in [0.5, 0.6) is 0 Å². The van der Waals surface area contributed by atoms with Gasteiger partial charge in [0.2, 0.25) is 0 Å². The van der Waals surface area contributed by atoms with E-state index in [-0.39, 0.29) is 18.0 Å². The molecule has 1 saturated heterocycles. The van der Waals surface area contributed by atoms with Crippen molar-refractivity contribution in [3.8, 4) is 0 Å². The Hall–Kier alpha value is -3.19. The molecule has 3 aromatic rings. The maximum atomic E-state index is 12.6. The van der Waals surface area contributed by atoms with Crippen molar-refractivity contribution in [3.63, 3.8) is 0 Å². The second-order valence-electron chi connectivity index (χ2n) is 6.81. The summed E-state index contributed by atoms with van der Waals surface area (Å²) < 4.78 is 0. The molecule has 2 atom stereocenters. The molecular weight excluding hydrogens is 346 g/mol. The number of carbonyl (C=O) groups is 1. The van der Waals surface area contributed by atoms with Crippen LogP contribution in [0.3, 0.4) is 0 Å². The van der Waals surface area contributed by atoms with Gasteiger partial charge >= 0.3 is 5.69 Å². The molecule has 27 heavy (non-hydrogen) atoms. The van der Waals surface area contributed by atoms with Crippen LogP contribution in [-0.4, -0.2) is 45.1 Å². The van der Waals surface area contributed by atoms with Gasteiger partial charge in [-0.25, -0.2) is 4.79 Å². The lowest BCUT2D eigenvalue weighted by atomic mass is 9.86. The summed E-state index contributed by atoms with van der Waals surface area (Å²) >= 11 is 0. The molecule has 2 heterocycles. The smallest absolute Gasteiger partial charge is 0.325 e. The highest BCUT2D eigenvalue weighted by Gasteiger charge is 2.32. The van der Waals surface area contributed by atoms with Crippen molar-refractivity contribution in [1.29, 1.82) is 0 Å². The van der Waals surface area contributed by atoms with Crippen LogP contribution in [0.4, 0.5) is 0 Å². The van der Waals surface area contributed by atoms with E-state index in [1.165, 1.54) is 4.90 Å². The Balaban J connectivity index is 1.54. The minimum Gasteiger partial charge on any atom is -0.391 e. The van der Waals surface area contributed by atoms with E-state index in [1.54, 1.807) is 0 Å². The highest BCUT2D eigenvalue weighted by atomic mass is 16.3. The molecule has 0 bridgehead atoms. The van der Waals surface area contributed by atoms with Crippen LogP contribution in [0.2, 0.25) is 0 Å². The topological polar surface area (TPSA) is 106 Å². The van der Waals surface area contributed by atoms with Crippen LogP contribution in [0.15, 0.2) is 58.3 Å². The highest BCUT2D eigenvalue weighted by molar-refractivity contribution is 5.93. The van der Waals surface area contributed by atoms with Crippen LogP contribution >= 0.6 is 0 Å². The number of aliphatic hydroxyl groups excluding tert-OH is 1. The number of nitrogens with zero attached hydrogens (tertiary/aromatic N) is 1. The van der Waals surface area contributed by atoms with Gasteiger partial charge in [0, 0.05) is 25.2 Å². The first-order valence-corrected chi connectivity index (χ1v) is 8.81. The van der Waals surface area contributed by atoms with Crippen molar-refractivity contribution in [2.45, 2.75) is 18.4 Å². The Morgan fingerprint density at radius 3 is 2.63 bits per heavy atom. The number of likely N-dealkylation sites (tertiary alicyclic amines) is 1. The van der Waals surface area contributed by atoms with Gasteiger partial charge in [0.25, 0.3) is 11.5 Å². The molecule has 4 rings (SSSR count). The third-order valence-electron chi connectivity index (χ3n) is 5.12. The van der Waals surface area contributed by atoms with E-state index in [2.05, 4.69) is 11.1 Å². The average Bonchev–Trinajstić information content (AvgIpc) is 2.67. The number of hydrogen-bond acceptors (Lipinski definition) is 4. The standard InChI is InChI=1S/C20H19N3O4/c24-17-11-23(19(26)16-10-21-20(27)22-18(16)25)8-7-15(17)14-6-5-12-3-1-2-4-13(12)9-14/h1-6,9-10,15,17,24H,7-8,11H2,(H2,21,22,25,27)/t15-,17+/m0/s1. The minimum absolute atomic E-state index is 0.0764. The second-order valence-corrected chi connectivity index (χ2v) is 6.81. The zero-order valence-electron chi connectivity index (χ0n) is 14.5. The molecule has 0 saturated carbocycles. The molecule has 1 fully saturated rings. The molecule has 1 aromatic heterocycles. The number of rotatable bonds is 2. The third kappa shape index (κ3) is 3.29. The van der Waals surface area contributed by atoms with E-state index in [0.717, 1.165) is 22.5 Å². The number of aromatic nitrogens is 2. The van der Waals surface area contributed by atoms with Gasteiger partial charge < -0.3 is 15.0 Å². The zero-order chi connectivity index (χ0) is 19.0. The fourth-order valence-corrected chi connectivity index (χ4v) is 3.68. The number of hydrogen-bond donors (Lipinski definition) is 3. The maximum Gasteiger partial charge on any atom is 0.325 e. The first kappa shape index (κ1) is 17.2. The van der Waals surface area contributed by atoms with Crippen LogP contribution in [0.1, 0.15) is 28.3 Å². The van der Waals surface area contributed by atoms with E-state index >= 15 is 0 Å². The molecule has 3 N–H and O–H groups in total. The third-order valence-corrected chi connectivity index (χ3v) is 5.12. The van der Waals surface area contributed by atoms with Crippen LogP contribution in [-0.2, 0) is 0 Å². The fraction of sp³-hybridized carbons (Fsp3) is 0.250. The number of aliphatic hydroxyl groups is 1. The lowest BCUT2D eigenvalue weighted by Gasteiger charge is -2.36. The van der Waals surface area contributed by atoms with E-state index in [4.69, 9.17) is 0 Å². The summed E-state index contributed by atoms with van der Waals surface area (Å²) in [7, 11) is 0. The molecule has 2 aromatic carbocycles. The van der Waals surface area contributed by atoms with Gasteiger partial charge in [0.1, 0.15) is 5.56 Å². The van der Waals surface area contributed by atoms with Crippen LogP contribution in [0.25, 0.3) is 10.8 Å². The molecule has 1 aliphatic heterocycles. The number of β-amino-alcohol motifs (C(OH)–C–C–N with tert-alkyl or cyclic N) is 1. The van der Waals surface area contributed by atoms with Crippen LogP contribution < -0.4 is 11.2 Å². The van der Waals surface area contributed by atoms with Gasteiger partial charge in [-0.2, -0.15) is 0 Å². The van der Waals surface area contributed by atoms with Gasteiger partial charge in [0.15, 0.2) is 0 Å². The molecule has 1 aliphatic rings. The predicted octanol–water partition coefficient (Wildman–Crippen LogP) is 1.21. The Labute approximate surface area is 154 Å². The second kappa shape index (κ2) is 6.85. The van der Waals surface area contributed by atoms with Crippen molar-refractivity contribution < 1.29 is 9.90 Å². The summed E-state index contributed by atoms with van der Waals surface area (Å²) in [6.07, 6.45) is 0.975. The van der Waals surface area contributed by atoms with Crippen molar-refractivity contribution in [2.75, 3.05) is 13.1 Å². The number of nitrogens with one attached hydrogen (secondary N) is 2. The van der Waals surface area contributed by atoms with Gasteiger partial charge in [-0.1, -0.05) is 42.5 Å². The van der Waals surface area contributed by atoms with Crippen molar-refractivity contribution >= 4 is 16.7 Å². The summed E-state index contributed by atoms with van der Waals surface area (Å²) in [6.45, 7) is 0.556. The Kier molecular flexibility index (Phi) is 4.37. The first-order valence-electron chi connectivity index (χ1n) is 8.81. The summed E-state index contributed by atoms with van der Waals surface area (Å²) in [5, 5.41) is 12.9. The number of carbonyl (C=O) groups excluding carboxylic acids is 1. The van der Waals surface area contributed by atoms with Crippen molar-refractivity contribution in [1.82, 2.24) is 14.9 Å². The Morgan fingerprint density at radius 2 is 1.89 bits per heavy atom. The normalized spacial score (nSPS) is 20.0. The van der Waals surface area contributed by atoms with E-state index in [1.807, 2.05) is 41.4 Å². The summed E-state index contributed by atoms with van der Waals surface area (Å²) in [5.74, 6) is -0.573. The monoisotopic (exact) mass is 365 g/mol. The SMILES string of the molecule is O=C(c1c[nH]c(=O)[nH]c1=O)N1CC[C@@H](c2ccc3ccccc3c2)[C@H](O)C1. The molecule has 7 heteroatoms. The zero-order valence-corrected chi connectivity index (χ0v) is 14.5. The van der Waals surface area contributed by atoms with Gasteiger partial charge in [0.05, 0.1) is 6.10 Å². The van der Waals surface area contributed by atoms with E-state index < -0.39 is 23.3 Å². The average molecular weight is 365 g/mol. The van der Waals surface area contributed by atoms with Gasteiger partial charge in [-0.15, -0.1) is 0 Å². The van der Waals surface area contributed by atoms with Crippen LogP contribution in [0, 0.1) is 0 Å². The molecule has 1 amide bonds. The Bertz CT molecular complexity index is 1120. The number of benzene rings is 2. The summed E-state index contributed by atoms with van der Waals surface area (Å²) in [4.78, 5) is 41.3. The molecule has 0 radical (unpaired) electrons. The van der Waals surface area contributed by atoms with Gasteiger partial charge in [-0.05, 0) is 22.8 Å². The molecule has 0 unspecified atom stereocenters. The molecule has 138 valence electrons. The van der Waals surface area contributed by atoms with Crippen molar-refractivity contribution in [2.24, 2.45) is 0 Å². The minimum atomic E-state index is -0.731. The summed E-state index contributed by atoms with van der Waals surface area (Å²) in [5.41, 5.74) is -0.484. The van der Waals surface area contributed by atoms with Crippen molar-refractivity contribution in [3.05, 3.63) is 80.6 Å². The number of piperidine rings is 1. The lowest BCUT2D eigenvalue weighted by molar-refractivity contribution is 0.0380. The summed E-state index contributed by atoms with van der Waals surface area (Å²) in [6, 6.07) is 14.2.